The molecule has 2 aromatic rings. The summed E-state index contributed by atoms with van der Waals surface area (Å²) in [5, 5.41) is 5.16. The van der Waals surface area contributed by atoms with E-state index in [9.17, 15) is 22.4 Å². The summed E-state index contributed by atoms with van der Waals surface area (Å²) in [6.07, 6.45) is 0. The molecule has 3 N–H and O–H groups in total. The van der Waals surface area contributed by atoms with Gasteiger partial charge in [-0.1, -0.05) is 13.0 Å². The predicted molar refractivity (Wildman–Crippen MR) is 116 cm³/mol. The lowest BCUT2D eigenvalue weighted by molar-refractivity contribution is -0.123. The van der Waals surface area contributed by atoms with Crippen LogP contribution in [0.15, 0.2) is 41.3 Å². The summed E-state index contributed by atoms with van der Waals surface area (Å²) < 4.78 is 51.4. The minimum absolute atomic E-state index is 0.0232. The number of sulfonamides is 1. The van der Waals surface area contributed by atoms with E-state index >= 15 is 0 Å². The fourth-order valence-electron chi connectivity index (χ4n) is 2.73. The Labute approximate surface area is 186 Å². The van der Waals surface area contributed by atoms with Crippen LogP contribution in [0.5, 0.6) is 11.5 Å². The average molecular weight is 468 g/mol. The Bertz CT molecular complexity index is 1080. The average Bonchev–Trinajstić information content (AvgIpc) is 2.76. The molecule has 0 aliphatic rings. The van der Waals surface area contributed by atoms with E-state index in [0.29, 0.717) is 23.6 Å². The molecule has 0 bridgehead atoms. The summed E-state index contributed by atoms with van der Waals surface area (Å²) in [4.78, 5) is 23.8. The lowest BCUT2D eigenvalue weighted by Gasteiger charge is -2.13. The second kappa shape index (κ2) is 11.4. The van der Waals surface area contributed by atoms with Crippen molar-refractivity contribution in [3.05, 3.63) is 53.3 Å². The van der Waals surface area contributed by atoms with Crippen molar-refractivity contribution >= 4 is 21.8 Å². The molecule has 0 heterocycles. The third kappa shape index (κ3) is 6.66. The van der Waals surface area contributed by atoms with Gasteiger partial charge in [0.1, 0.15) is 5.82 Å². The van der Waals surface area contributed by atoms with Crippen molar-refractivity contribution in [1.82, 2.24) is 15.4 Å². The van der Waals surface area contributed by atoms with Gasteiger partial charge in [0.25, 0.3) is 11.8 Å². The highest BCUT2D eigenvalue weighted by Gasteiger charge is 2.19. The maximum atomic E-state index is 14.2. The number of carbonyl (C=O) groups is 2. The van der Waals surface area contributed by atoms with Gasteiger partial charge in [-0.2, -0.15) is 0 Å². The van der Waals surface area contributed by atoms with Gasteiger partial charge < -0.3 is 20.1 Å². The lowest BCUT2D eigenvalue weighted by Crippen LogP contribution is -2.28. The number of benzene rings is 2. The Kier molecular flexibility index (Phi) is 8.97. The first-order valence-electron chi connectivity index (χ1n) is 9.85. The number of rotatable bonds is 11. The third-order valence-electron chi connectivity index (χ3n) is 4.24. The normalized spacial score (nSPS) is 11.0. The van der Waals surface area contributed by atoms with Crippen molar-refractivity contribution in [1.29, 1.82) is 0 Å². The summed E-state index contributed by atoms with van der Waals surface area (Å²) in [5.41, 5.74) is 0.232. The van der Waals surface area contributed by atoms with Gasteiger partial charge in [-0.25, -0.2) is 17.5 Å². The molecule has 0 unspecified atom stereocenters. The number of hydrogen-bond acceptors (Lipinski definition) is 6. The first-order valence-corrected chi connectivity index (χ1v) is 11.3. The van der Waals surface area contributed by atoms with Crippen LogP contribution in [-0.4, -0.2) is 47.0 Å². The standard InChI is InChI=1S/C21H26FN3O6S/c1-4-23-20(26)13-31-18-9-6-14(10-19(18)30-3)12-24-21(27)16-11-15(7-8-17(16)22)32(28,29)25-5-2/h6-11,25H,4-5,12-13H2,1-3H3,(H,23,26)(H,24,27). The van der Waals surface area contributed by atoms with E-state index in [1.807, 2.05) is 0 Å². The Morgan fingerprint density at radius 1 is 1.00 bits per heavy atom. The Hall–Kier alpha value is -3.18. The van der Waals surface area contributed by atoms with Crippen LogP contribution in [0.25, 0.3) is 0 Å². The van der Waals surface area contributed by atoms with Crippen molar-refractivity contribution < 1.29 is 31.9 Å². The first-order chi connectivity index (χ1) is 15.2. The van der Waals surface area contributed by atoms with Crippen LogP contribution in [-0.2, 0) is 21.4 Å². The van der Waals surface area contributed by atoms with E-state index in [1.165, 1.54) is 7.11 Å². The molecule has 32 heavy (non-hydrogen) atoms. The molecule has 0 fully saturated rings. The molecule has 2 aromatic carbocycles. The van der Waals surface area contributed by atoms with Crippen LogP contribution in [0.3, 0.4) is 0 Å². The highest BCUT2D eigenvalue weighted by atomic mass is 32.2. The molecular formula is C21H26FN3O6S. The van der Waals surface area contributed by atoms with Gasteiger partial charge in [-0.15, -0.1) is 0 Å². The fraction of sp³-hybridized carbons (Fsp3) is 0.333. The van der Waals surface area contributed by atoms with E-state index < -0.39 is 27.3 Å². The molecule has 2 rings (SSSR count). The minimum atomic E-state index is -3.83. The van der Waals surface area contributed by atoms with Crippen molar-refractivity contribution in [3.8, 4) is 11.5 Å². The van der Waals surface area contributed by atoms with Crippen molar-refractivity contribution in [2.45, 2.75) is 25.3 Å². The van der Waals surface area contributed by atoms with E-state index in [0.717, 1.165) is 18.2 Å². The number of halogens is 1. The van der Waals surface area contributed by atoms with Crippen LogP contribution < -0.4 is 24.8 Å². The van der Waals surface area contributed by atoms with Crippen LogP contribution >= 0.6 is 0 Å². The number of carbonyl (C=O) groups excluding carboxylic acids is 2. The van der Waals surface area contributed by atoms with Gasteiger partial charge in [0.05, 0.1) is 17.6 Å². The molecule has 174 valence electrons. The molecular weight excluding hydrogens is 441 g/mol. The zero-order valence-corrected chi connectivity index (χ0v) is 18.8. The van der Waals surface area contributed by atoms with E-state index in [4.69, 9.17) is 9.47 Å². The van der Waals surface area contributed by atoms with Crippen molar-refractivity contribution in [2.75, 3.05) is 26.8 Å². The van der Waals surface area contributed by atoms with Crippen LogP contribution in [0.4, 0.5) is 4.39 Å². The van der Waals surface area contributed by atoms with Gasteiger partial charge in [0.2, 0.25) is 10.0 Å². The number of ether oxygens (including phenoxy) is 2. The molecule has 0 aromatic heterocycles. The monoisotopic (exact) mass is 467 g/mol. The number of hydrogen-bond donors (Lipinski definition) is 3. The van der Waals surface area contributed by atoms with Gasteiger partial charge in [-0.05, 0) is 42.8 Å². The quantitative estimate of drug-likeness (QED) is 0.461. The smallest absolute Gasteiger partial charge is 0.257 e. The largest absolute Gasteiger partial charge is 0.493 e. The molecule has 0 aliphatic heterocycles. The first kappa shape index (κ1) is 25.1. The molecule has 0 radical (unpaired) electrons. The van der Waals surface area contributed by atoms with Crippen LogP contribution in [0.1, 0.15) is 29.8 Å². The second-order valence-corrected chi connectivity index (χ2v) is 8.32. The summed E-state index contributed by atoms with van der Waals surface area (Å²) in [5.74, 6) is -1.19. The second-order valence-electron chi connectivity index (χ2n) is 6.55. The zero-order chi connectivity index (χ0) is 23.7. The van der Waals surface area contributed by atoms with Crippen molar-refractivity contribution in [2.24, 2.45) is 0 Å². The number of nitrogens with one attached hydrogen (secondary N) is 3. The molecule has 2 amide bonds. The van der Waals surface area contributed by atoms with Crippen molar-refractivity contribution in [3.63, 3.8) is 0 Å². The Balaban J connectivity index is 2.10. The SMILES string of the molecule is CCNC(=O)COc1ccc(CNC(=O)c2cc(S(=O)(=O)NCC)ccc2F)cc1OC. The highest BCUT2D eigenvalue weighted by molar-refractivity contribution is 7.89. The molecule has 0 aliphatic carbocycles. The minimum Gasteiger partial charge on any atom is -0.493 e. The molecule has 0 saturated carbocycles. The maximum absolute atomic E-state index is 14.2. The van der Waals surface area contributed by atoms with E-state index in [1.54, 1.807) is 32.0 Å². The Morgan fingerprint density at radius 3 is 2.41 bits per heavy atom. The molecule has 9 nitrogen and oxygen atoms in total. The van der Waals surface area contributed by atoms with Crippen LogP contribution in [0, 0.1) is 5.82 Å². The molecule has 0 saturated heterocycles. The van der Waals surface area contributed by atoms with E-state index in [-0.39, 0.29) is 30.5 Å². The highest BCUT2D eigenvalue weighted by Crippen LogP contribution is 2.28. The molecule has 0 spiro atoms. The maximum Gasteiger partial charge on any atom is 0.257 e. The molecule has 0 atom stereocenters. The zero-order valence-electron chi connectivity index (χ0n) is 18.0. The summed E-state index contributed by atoms with van der Waals surface area (Å²) in [6, 6.07) is 7.86. The van der Waals surface area contributed by atoms with Gasteiger partial charge in [-0.3, -0.25) is 9.59 Å². The summed E-state index contributed by atoms with van der Waals surface area (Å²) in [7, 11) is -2.40. The summed E-state index contributed by atoms with van der Waals surface area (Å²) in [6.45, 7) is 3.90. The summed E-state index contributed by atoms with van der Waals surface area (Å²) >= 11 is 0. The van der Waals surface area contributed by atoms with Crippen LogP contribution in [0.2, 0.25) is 0 Å². The predicted octanol–water partition coefficient (Wildman–Crippen LogP) is 1.58. The van der Waals surface area contributed by atoms with E-state index in [2.05, 4.69) is 15.4 Å². The molecule has 11 heteroatoms. The third-order valence-corrected chi connectivity index (χ3v) is 5.78. The van der Waals surface area contributed by atoms with Gasteiger partial charge in [0, 0.05) is 19.6 Å². The Morgan fingerprint density at radius 2 is 1.75 bits per heavy atom. The van der Waals surface area contributed by atoms with Gasteiger partial charge in [0.15, 0.2) is 18.1 Å². The lowest BCUT2D eigenvalue weighted by atomic mass is 10.1. The van der Waals surface area contributed by atoms with Gasteiger partial charge >= 0.3 is 0 Å². The number of amides is 2. The topological polar surface area (TPSA) is 123 Å². The number of likely N-dealkylation sites (N-methyl/N-ethyl adjacent to an activating group) is 1. The fourth-order valence-corrected chi connectivity index (χ4v) is 3.80. The number of methoxy groups -OCH3 is 1.